The van der Waals surface area contributed by atoms with Crippen molar-refractivity contribution in [3.63, 3.8) is 0 Å². The fourth-order valence-corrected chi connectivity index (χ4v) is 4.63. The molecular weight excluding hydrogens is 480 g/mol. The van der Waals surface area contributed by atoms with E-state index in [-0.39, 0.29) is 23.3 Å². The summed E-state index contributed by atoms with van der Waals surface area (Å²) in [6, 6.07) is 9.84. The van der Waals surface area contributed by atoms with Crippen LogP contribution in [0.15, 0.2) is 61.1 Å². The van der Waals surface area contributed by atoms with Crippen LogP contribution in [-0.4, -0.2) is 35.4 Å². The normalized spacial score (nSPS) is 16.7. The molecule has 0 aliphatic carbocycles. The molecular formula is C26H19F2N7O2. The van der Waals surface area contributed by atoms with E-state index in [1.165, 1.54) is 24.3 Å². The number of carbonyl (C=O) groups is 1. The zero-order chi connectivity index (χ0) is 25.9. The van der Waals surface area contributed by atoms with Crippen LogP contribution in [0.1, 0.15) is 29.3 Å². The summed E-state index contributed by atoms with van der Waals surface area (Å²) in [5.41, 5.74) is 8.05. The molecule has 1 unspecified atom stereocenters. The van der Waals surface area contributed by atoms with Crippen LogP contribution in [-0.2, 0) is 16.6 Å². The van der Waals surface area contributed by atoms with Crippen molar-refractivity contribution in [3.8, 4) is 17.3 Å². The lowest BCUT2D eigenvalue weighted by atomic mass is 9.77. The van der Waals surface area contributed by atoms with Crippen LogP contribution >= 0.6 is 0 Å². The molecule has 4 N–H and O–H groups in total. The lowest BCUT2D eigenvalue weighted by Gasteiger charge is -2.23. The number of halogens is 2. The summed E-state index contributed by atoms with van der Waals surface area (Å²) in [4.78, 5) is 31.2. The smallest absolute Gasteiger partial charge is 0.240 e. The summed E-state index contributed by atoms with van der Waals surface area (Å²) in [6.45, 7) is 1.59. The van der Waals surface area contributed by atoms with Crippen molar-refractivity contribution in [2.24, 2.45) is 0 Å². The number of nitrogens with zero attached hydrogens (tertiary/aromatic N) is 5. The van der Waals surface area contributed by atoms with E-state index >= 15 is 0 Å². The van der Waals surface area contributed by atoms with Crippen LogP contribution in [0, 0.1) is 11.6 Å². The average Bonchev–Trinajstić information content (AvgIpc) is 3.45. The molecule has 2 aromatic carbocycles. The molecule has 3 aromatic heterocycles. The number of phenols is 1. The summed E-state index contributed by atoms with van der Waals surface area (Å²) in [5.74, 6) is -1.78. The first kappa shape index (κ1) is 22.5. The molecule has 1 amide bonds. The molecule has 4 heterocycles. The van der Waals surface area contributed by atoms with Crippen molar-refractivity contribution < 1.29 is 18.7 Å². The second kappa shape index (κ2) is 8.05. The van der Waals surface area contributed by atoms with Gasteiger partial charge in [0.15, 0.2) is 23.0 Å². The third-order valence-corrected chi connectivity index (χ3v) is 6.61. The Bertz CT molecular complexity index is 1720. The number of aromatic hydroxyl groups is 1. The van der Waals surface area contributed by atoms with Gasteiger partial charge in [0.05, 0.1) is 11.3 Å². The van der Waals surface area contributed by atoms with Crippen LogP contribution in [0.3, 0.4) is 0 Å². The predicted molar refractivity (Wildman–Crippen MR) is 131 cm³/mol. The van der Waals surface area contributed by atoms with E-state index in [9.17, 15) is 18.7 Å². The van der Waals surface area contributed by atoms with E-state index in [2.05, 4.69) is 20.3 Å². The van der Waals surface area contributed by atoms with Crippen LogP contribution < -0.4 is 11.1 Å². The Morgan fingerprint density at radius 2 is 1.89 bits per heavy atom. The number of nitrogens with one attached hydrogen (secondary N) is 1. The number of anilines is 2. The van der Waals surface area contributed by atoms with Gasteiger partial charge in [-0.15, -0.1) is 0 Å². The third-order valence-electron chi connectivity index (χ3n) is 6.61. The fraction of sp³-hybridized carbons (Fsp3) is 0.115. The molecule has 0 saturated carbocycles. The van der Waals surface area contributed by atoms with Crippen molar-refractivity contribution >= 4 is 23.2 Å². The van der Waals surface area contributed by atoms with E-state index in [4.69, 9.17) is 10.7 Å². The molecule has 0 saturated heterocycles. The first-order valence-corrected chi connectivity index (χ1v) is 11.3. The highest BCUT2D eigenvalue weighted by atomic mass is 19.1. The van der Waals surface area contributed by atoms with E-state index in [1.54, 1.807) is 42.0 Å². The van der Waals surface area contributed by atoms with Gasteiger partial charge >= 0.3 is 0 Å². The quantitative estimate of drug-likeness (QED) is 0.344. The first-order valence-electron chi connectivity index (χ1n) is 11.3. The van der Waals surface area contributed by atoms with Gasteiger partial charge in [-0.25, -0.2) is 28.7 Å². The zero-order valence-electron chi connectivity index (χ0n) is 19.4. The number of nitrogen functional groups attached to an aromatic ring is 1. The second-order valence-corrected chi connectivity index (χ2v) is 8.94. The molecule has 0 fully saturated rings. The first-order chi connectivity index (χ1) is 17.7. The Balaban J connectivity index is 1.45. The maximum Gasteiger partial charge on any atom is 0.240 e. The molecule has 184 valence electrons. The molecule has 1 aliphatic heterocycles. The Kier molecular flexibility index (Phi) is 4.90. The van der Waals surface area contributed by atoms with Gasteiger partial charge in [0, 0.05) is 25.0 Å². The summed E-state index contributed by atoms with van der Waals surface area (Å²) in [7, 11) is 0. The Labute approximate surface area is 208 Å². The van der Waals surface area contributed by atoms with Crippen molar-refractivity contribution in [3.05, 3.63) is 95.1 Å². The third kappa shape index (κ3) is 3.54. The average molecular weight is 499 g/mol. The molecule has 9 nitrogen and oxygen atoms in total. The largest absolute Gasteiger partial charge is 0.505 e. The summed E-state index contributed by atoms with van der Waals surface area (Å²) in [5, 5.41) is 12.3. The van der Waals surface area contributed by atoms with Crippen molar-refractivity contribution in [1.82, 2.24) is 24.3 Å². The minimum atomic E-state index is -1.37. The summed E-state index contributed by atoms with van der Waals surface area (Å²) in [6.07, 6.45) is 5.47. The molecule has 11 heteroatoms. The lowest BCUT2D eigenvalue weighted by Crippen LogP contribution is -2.33. The van der Waals surface area contributed by atoms with Crippen molar-refractivity contribution in [2.45, 2.75) is 18.8 Å². The minimum Gasteiger partial charge on any atom is -0.505 e. The van der Waals surface area contributed by atoms with Gasteiger partial charge in [-0.05, 0) is 42.3 Å². The van der Waals surface area contributed by atoms with E-state index in [0.29, 0.717) is 34.6 Å². The van der Waals surface area contributed by atoms with Crippen molar-refractivity contribution in [1.29, 1.82) is 0 Å². The van der Waals surface area contributed by atoms with Gasteiger partial charge in [-0.3, -0.25) is 4.79 Å². The molecule has 0 bridgehead atoms. The summed E-state index contributed by atoms with van der Waals surface area (Å²) >= 11 is 0. The van der Waals surface area contributed by atoms with E-state index in [0.717, 1.165) is 11.6 Å². The predicted octanol–water partition coefficient (Wildman–Crippen LogP) is 3.60. The van der Waals surface area contributed by atoms with Crippen LogP contribution in [0.4, 0.5) is 20.4 Å². The molecule has 1 aliphatic rings. The number of hydrogen-bond acceptors (Lipinski definition) is 7. The Morgan fingerprint density at radius 3 is 2.65 bits per heavy atom. The number of fused-ring (bicyclic) bond motifs is 2. The molecule has 0 radical (unpaired) electrons. The number of hydrogen-bond donors (Lipinski definition) is 3. The molecule has 37 heavy (non-hydrogen) atoms. The zero-order valence-corrected chi connectivity index (χ0v) is 19.4. The summed E-state index contributed by atoms with van der Waals surface area (Å²) < 4.78 is 29.3. The number of imidazole rings is 1. The number of amides is 1. The number of benzene rings is 2. The van der Waals surface area contributed by atoms with Gasteiger partial charge in [-0.1, -0.05) is 18.2 Å². The number of aromatic nitrogens is 5. The highest BCUT2D eigenvalue weighted by Gasteiger charge is 2.48. The topological polar surface area (TPSA) is 131 Å². The SMILES string of the molecule is CC1(c2ccc(O)c(F)c2)C(=O)Nc2nc(-c3cn4ccnc4c(Cc4ccc(F)cc4)n3)nc(N)c21. The Hall–Kier alpha value is -4.93. The highest BCUT2D eigenvalue weighted by Crippen LogP contribution is 2.45. The monoisotopic (exact) mass is 499 g/mol. The number of phenolic OH excluding ortho intramolecular Hbond substituents is 1. The van der Waals surface area contributed by atoms with Crippen molar-refractivity contribution in [2.75, 3.05) is 11.1 Å². The number of nitrogens with two attached hydrogens (primary N) is 1. The minimum absolute atomic E-state index is 0.0296. The van der Waals surface area contributed by atoms with Crippen LogP contribution in [0.5, 0.6) is 5.75 Å². The molecule has 0 spiro atoms. The van der Waals surface area contributed by atoms with Crippen LogP contribution in [0.25, 0.3) is 17.2 Å². The van der Waals surface area contributed by atoms with Gasteiger partial charge in [0.2, 0.25) is 5.91 Å². The number of carbonyl (C=O) groups excluding carboxylic acids is 1. The Morgan fingerprint density at radius 1 is 1.11 bits per heavy atom. The number of rotatable bonds is 4. The highest BCUT2D eigenvalue weighted by molar-refractivity contribution is 6.09. The van der Waals surface area contributed by atoms with Gasteiger partial charge in [0.1, 0.15) is 28.6 Å². The van der Waals surface area contributed by atoms with E-state index in [1.807, 2.05) is 0 Å². The molecule has 1 atom stereocenters. The van der Waals surface area contributed by atoms with Gasteiger partial charge < -0.3 is 20.6 Å². The van der Waals surface area contributed by atoms with Gasteiger partial charge in [0.25, 0.3) is 0 Å². The van der Waals surface area contributed by atoms with Crippen LogP contribution in [0.2, 0.25) is 0 Å². The second-order valence-electron chi connectivity index (χ2n) is 8.94. The van der Waals surface area contributed by atoms with E-state index < -0.39 is 22.9 Å². The maximum absolute atomic E-state index is 14.1. The molecule has 6 rings (SSSR count). The standard InChI is InChI=1S/C26H19F2N7O2/c1-26(14-4-7-19(36)16(28)11-14)20-21(29)32-22(33-23(20)34-25(26)37)18-12-35-9-8-30-24(35)17(31-18)10-13-2-5-15(27)6-3-13/h2-9,11-12,36H,10H2,1H3,(H3,29,32,33,34,37). The maximum atomic E-state index is 14.1. The van der Waals surface area contributed by atoms with Gasteiger partial charge in [-0.2, -0.15) is 0 Å². The molecule has 5 aromatic rings. The fourth-order valence-electron chi connectivity index (χ4n) is 4.63. The lowest BCUT2D eigenvalue weighted by molar-refractivity contribution is -0.119.